The van der Waals surface area contributed by atoms with Crippen molar-refractivity contribution in [2.24, 2.45) is 5.10 Å². The van der Waals surface area contributed by atoms with Crippen LogP contribution in [-0.4, -0.2) is 44.3 Å². The van der Waals surface area contributed by atoms with Crippen molar-refractivity contribution in [2.45, 2.75) is 11.8 Å². The van der Waals surface area contributed by atoms with E-state index in [2.05, 4.69) is 31.8 Å². The van der Waals surface area contributed by atoms with Gasteiger partial charge in [-0.25, -0.2) is 13.8 Å². The number of likely N-dealkylation sites (N-methyl/N-ethyl adjacent to an activating group) is 1. The third-order valence-electron chi connectivity index (χ3n) is 3.55. The van der Waals surface area contributed by atoms with E-state index in [0.717, 1.165) is 14.3 Å². The first kappa shape index (κ1) is 21.7. The van der Waals surface area contributed by atoms with Gasteiger partial charge in [0.15, 0.2) is 0 Å². The maximum atomic E-state index is 12.6. The highest BCUT2D eigenvalue weighted by molar-refractivity contribution is 9.10. The number of rotatable bonds is 7. The molecule has 0 bridgehead atoms. The van der Waals surface area contributed by atoms with Gasteiger partial charge in [-0.3, -0.25) is 9.59 Å². The second-order valence-electron chi connectivity index (χ2n) is 5.78. The standard InChI is InChI=1S/C18H19BrN4O4S/c1-13(24)21-15-7-9-16(10-8-15)28(26,27)23(2)12-18(25)22-20-11-14-5-3-4-6-17(14)19/h3-11H,12H2,1-2H3,(H,21,24)(H,22,25)/b20-11-. The van der Waals surface area contributed by atoms with Crippen LogP contribution in [-0.2, 0) is 19.6 Å². The summed E-state index contributed by atoms with van der Waals surface area (Å²) in [5.74, 6) is -0.836. The Labute approximate surface area is 171 Å². The number of hydrazone groups is 1. The van der Waals surface area contributed by atoms with Crippen molar-refractivity contribution < 1.29 is 18.0 Å². The molecule has 0 unspecified atom stereocenters. The van der Waals surface area contributed by atoms with Crippen LogP contribution in [0.3, 0.4) is 0 Å². The lowest BCUT2D eigenvalue weighted by Gasteiger charge is -2.16. The zero-order valence-electron chi connectivity index (χ0n) is 15.2. The van der Waals surface area contributed by atoms with Gasteiger partial charge in [0.2, 0.25) is 15.9 Å². The molecule has 2 rings (SSSR count). The molecule has 2 N–H and O–H groups in total. The first-order valence-electron chi connectivity index (χ1n) is 8.10. The minimum absolute atomic E-state index is 0.00798. The molecule has 0 aliphatic carbocycles. The first-order valence-corrected chi connectivity index (χ1v) is 10.3. The van der Waals surface area contributed by atoms with Crippen LogP contribution in [0.1, 0.15) is 12.5 Å². The van der Waals surface area contributed by atoms with E-state index in [-0.39, 0.29) is 10.8 Å². The minimum atomic E-state index is -3.86. The molecule has 0 fully saturated rings. The van der Waals surface area contributed by atoms with E-state index >= 15 is 0 Å². The Morgan fingerprint density at radius 2 is 1.79 bits per heavy atom. The van der Waals surface area contributed by atoms with Crippen LogP contribution in [0, 0.1) is 0 Å². The molecular weight excluding hydrogens is 448 g/mol. The molecule has 0 radical (unpaired) electrons. The number of sulfonamides is 1. The van der Waals surface area contributed by atoms with Crippen LogP contribution in [0.15, 0.2) is 63.0 Å². The SMILES string of the molecule is CC(=O)Nc1ccc(S(=O)(=O)N(C)CC(=O)N/N=C\c2ccccc2Br)cc1. The number of nitrogens with one attached hydrogen (secondary N) is 2. The topological polar surface area (TPSA) is 108 Å². The predicted octanol–water partition coefficient (Wildman–Crippen LogP) is 2.18. The van der Waals surface area contributed by atoms with Crippen LogP contribution >= 0.6 is 15.9 Å². The van der Waals surface area contributed by atoms with Gasteiger partial charge < -0.3 is 5.32 Å². The average molecular weight is 467 g/mol. The summed E-state index contributed by atoms with van der Waals surface area (Å²) in [6, 6.07) is 13.0. The Hall–Kier alpha value is -2.56. The lowest BCUT2D eigenvalue weighted by molar-refractivity contribution is -0.121. The summed E-state index contributed by atoms with van der Waals surface area (Å²) in [7, 11) is -2.56. The average Bonchev–Trinajstić information content (AvgIpc) is 2.63. The van der Waals surface area contributed by atoms with Crippen LogP contribution in [0.4, 0.5) is 5.69 Å². The number of amides is 2. The normalized spacial score (nSPS) is 11.6. The summed E-state index contributed by atoms with van der Waals surface area (Å²) in [5, 5.41) is 6.39. The van der Waals surface area contributed by atoms with Gasteiger partial charge in [-0.15, -0.1) is 0 Å². The molecule has 0 atom stereocenters. The van der Waals surface area contributed by atoms with Gasteiger partial charge in [0.25, 0.3) is 5.91 Å². The number of benzene rings is 2. The van der Waals surface area contributed by atoms with Gasteiger partial charge in [-0.1, -0.05) is 34.1 Å². The third-order valence-corrected chi connectivity index (χ3v) is 6.09. The fraction of sp³-hybridized carbons (Fsp3) is 0.167. The Kier molecular flexibility index (Phi) is 7.44. The lowest BCUT2D eigenvalue weighted by atomic mass is 10.2. The zero-order chi connectivity index (χ0) is 20.7. The van der Waals surface area contributed by atoms with E-state index in [1.54, 1.807) is 6.07 Å². The number of anilines is 1. The molecule has 28 heavy (non-hydrogen) atoms. The maximum absolute atomic E-state index is 12.6. The first-order chi connectivity index (χ1) is 13.2. The van der Waals surface area contributed by atoms with Gasteiger partial charge in [0, 0.05) is 29.7 Å². The number of halogens is 1. The third kappa shape index (κ3) is 5.98. The number of carbonyl (C=O) groups excluding carboxylic acids is 2. The highest BCUT2D eigenvalue weighted by Gasteiger charge is 2.22. The molecule has 0 saturated carbocycles. The van der Waals surface area contributed by atoms with Crippen molar-refractivity contribution in [3.63, 3.8) is 0 Å². The van der Waals surface area contributed by atoms with E-state index in [1.807, 2.05) is 18.2 Å². The largest absolute Gasteiger partial charge is 0.326 e. The Bertz CT molecular complexity index is 991. The van der Waals surface area contributed by atoms with Gasteiger partial charge in [0.05, 0.1) is 17.7 Å². The van der Waals surface area contributed by atoms with Crippen molar-refractivity contribution in [1.82, 2.24) is 9.73 Å². The second-order valence-corrected chi connectivity index (χ2v) is 8.68. The molecule has 2 aromatic carbocycles. The summed E-state index contributed by atoms with van der Waals surface area (Å²) in [5.41, 5.74) is 3.55. The van der Waals surface area contributed by atoms with Crippen LogP contribution in [0.25, 0.3) is 0 Å². The van der Waals surface area contributed by atoms with Crippen LogP contribution < -0.4 is 10.7 Å². The Balaban J connectivity index is 1.98. The lowest BCUT2D eigenvalue weighted by Crippen LogP contribution is -2.36. The highest BCUT2D eigenvalue weighted by Crippen LogP contribution is 2.17. The fourth-order valence-corrected chi connectivity index (χ4v) is 3.68. The van der Waals surface area contributed by atoms with Gasteiger partial charge in [-0.2, -0.15) is 9.41 Å². The van der Waals surface area contributed by atoms with Crippen molar-refractivity contribution in [3.05, 3.63) is 58.6 Å². The van der Waals surface area contributed by atoms with E-state index in [9.17, 15) is 18.0 Å². The molecular formula is C18H19BrN4O4S. The molecule has 8 nitrogen and oxygen atoms in total. The summed E-state index contributed by atoms with van der Waals surface area (Å²) in [6.07, 6.45) is 1.46. The monoisotopic (exact) mass is 466 g/mol. The summed E-state index contributed by atoms with van der Waals surface area (Å²) in [4.78, 5) is 23.0. The quantitative estimate of drug-likeness (QED) is 0.481. The molecule has 0 aliphatic rings. The van der Waals surface area contributed by atoms with Gasteiger partial charge in [0.1, 0.15) is 0 Å². The zero-order valence-corrected chi connectivity index (χ0v) is 17.6. The minimum Gasteiger partial charge on any atom is -0.326 e. The summed E-state index contributed by atoms with van der Waals surface area (Å²) < 4.78 is 26.8. The second kappa shape index (κ2) is 9.58. The predicted molar refractivity (Wildman–Crippen MR) is 110 cm³/mol. The molecule has 148 valence electrons. The number of carbonyl (C=O) groups is 2. The fourth-order valence-electron chi connectivity index (χ4n) is 2.17. The molecule has 2 aromatic rings. The maximum Gasteiger partial charge on any atom is 0.255 e. The van der Waals surface area contributed by atoms with Gasteiger partial charge >= 0.3 is 0 Å². The smallest absolute Gasteiger partial charge is 0.255 e. The number of hydrogen-bond donors (Lipinski definition) is 2. The van der Waals surface area contributed by atoms with Crippen molar-refractivity contribution in [3.8, 4) is 0 Å². The van der Waals surface area contributed by atoms with Crippen molar-refractivity contribution in [1.29, 1.82) is 0 Å². The number of hydrogen-bond acceptors (Lipinski definition) is 5. The van der Waals surface area contributed by atoms with Gasteiger partial charge in [-0.05, 0) is 30.3 Å². The molecule has 0 aromatic heterocycles. The molecule has 2 amide bonds. The Morgan fingerprint density at radius 1 is 1.14 bits per heavy atom. The molecule has 0 heterocycles. The molecule has 10 heteroatoms. The molecule has 0 aliphatic heterocycles. The van der Waals surface area contributed by atoms with E-state index < -0.39 is 22.5 Å². The summed E-state index contributed by atoms with van der Waals surface area (Å²) in [6.45, 7) is 0.957. The highest BCUT2D eigenvalue weighted by atomic mass is 79.9. The van der Waals surface area contributed by atoms with Crippen molar-refractivity contribution in [2.75, 3.05) is 18.9 Å². The van der Waals surface area contributed by atoms with Crippen LogP contribution in [0.2, 0.25) is 0 Å². The summed E-state index contributed by atoms with van der Waals surface area (Å²) >= 11 is 3.36. The van der Waals surface area contributed by atoms with Crippen LogP contribution in [0.5, 0.6) is 0 Å². The van der Waals surface area contributed by atoms with E-state index in [4.69, 9.17) is 0 Å². The Morgan fingerprint density at radius 3 is 2.39 bits per heavy atom. The van der Waals surface area contributed by atoms with E-state index in [1.165, 1.54) is 44.5 Å². The number of nitrogens with zero attached hydrogens (tertiary/aromatic N) is 2. The molecule has 0 spiro atoms. The molecule has 0 saturated heterocycles. The van der Waals surface area contributed by atoms with Crippen molar-refractivity contribution >= 4 is 49.7 Å². The van der Waals surface area contributed by atoms with E-state index in [0.29, 0.717) is 5.69 Å².